The lowest BCUT2D eigenvalue weighted by molar-refractivity contribution is -0.0352. The van der Waals surface area contributed by atoms with Gasteiger partial charge in [0.15, 0.2) is 5.96 Å². The Bertz CT molecular complexity index is 431. The van der Waals surface area contributed by atoms with Crippen LogP contribution in [0.15, 0.2) is 4.99 Å². The van der Waals surface area contributed by atoms with Crippen LogP contribution in [-0.2, 0) is 4.74 Å². The van der Waals surface area contributed by atoms with Crippen LogP contribution < -0.4 is 10.6 Å². The van der Waals surface area contributed by atoms with Gasteiger partial charge in [0.05, 0.1) is 19.3 Å². The zero-order valence-electron chi connectivity index (χ0n) is 15.8. The SMILES string of the molecule is CN=C(NCC1CCCC1O)NCC1(N2CCOCC2)CCCCC1. The molecule has 6 heteroatoms. The number of ether oxygens (including phenoxy) is 1. The summed E-state index contributed by atoms with van der Waals surface area (Å²) >= 11 is 0. The minimum absolute atomic E-state index is 0.149. The molecule has 2 unspecified atom stereocenters. The van der Waals surface area contributed by atoms with Crippen molar-refractivity contribution in [3.63, 3.8) is 0 Å². The molecule has 0 amide bonds. The molecule has 0 radical (unpaired) electrons. The fourth-order valence-electron chi connectivity index (χ4n) is 4.80. The third-order valence-electron chi connectivity index (χ3n) is 6.43. The molecule has 0 bridgehead atoms. The maximum Gasteiger partial charge on any atom is 0.191 e. The van der Waals surface area contributed by atoms with E-state index in [1.54, 1.807) is 0 Å². The van der Waals surface area contributed by atoms with E-state index in [4.69, 9.17) is 4.74 Å². The van der Waals surface area contributed by atoms with E-state index in [1.807, 2.05) is 7.05 Å². The Morgan fingerprint density at radius 2 is 1.88 bits per heavy atom. The van der Waals surface area contributed by atoms with Crippen LogP contribution in [-0.4, -0.2) is 74.0 Å². The van der Waals surface area contributed by atoms with Gasteiger partial charge in [0, 0.05) is 44.7 Å². The highest BCUT2D eigenvalue weighted by Gasteiger charge is 2.38. The highest BCUT2D eigenvalue weighted by Crippen LogP contribution is 2.33. The molecule has 2 saturated carbocycles. The van der Waals surface area contributed by atoms with Crippen LogP contribution in [0.5, 0.6) is 0 Å². The molecule has 3 N–H and O–H groups in total. The molecule has 0 spiro atoms. The number of aliphatic hydroxyl groups excluding tert-OH is 1. The molecule has 6 nitrogen and oxygen atoms in total. The molecule has 0 aromatic carbocycles. The molecule has 2 aliphatic carbocycles. The first-order chi connectivity index (χ1) is 12.2. The van der Waals surface area contributed by atoms with Crippen LogP contribution in [0.1, 0.15) is 51.4 Å². The summed E-state index contributed by atoms with van der Waals surface area (Å²) in [5, 5.41) is 17.0. The summed E-state index contributed by atoms with van der Waals surface area (Å²) in [7, 11) is 1.84. The van der Waals surface area contributed by atoms with E-state index in [1.165, 1.54) is 32.1 Å². The highest BCUT2D eigenvalue weighted by atomic mass is 16.5. The molecule has 3 fully saturated rings. The van der Waals surface area contributed by atoms with E-state index in [9.17, 15) is 5.11 Å². The second-order valence-electron chi connectivity index (χ2n) is 7.95. The fraction of sp³-hybridized carbons (Fsp3) is 0.947. The summed E-state index contributed by atoms with van der Waals surface area (Å²) in [4.78, 5) is 7.05. The van der Waals surface area contributed by atoms with Crippen LogP contribution in [0, 0.1) is 5.92 Å². The predicted octanol–water partition coefficient (Wildman–Crippen LogP) is 1.35. The van der Waals surface area contributed by atoms with Crippen LogP contribution in [0.25, 0.3) is 0 Å². The summed E-state index contributed by atoms with van der Waals surface area (Å²) in [5.74, 6) is 1.23. The number of hydrogen-bond acceptors (Lipinski definition) is 4. The van der Waals surface area contributed by atoms with Crippen molar-refractivity contribution in [3.8, 4) is 0 Å². The fourth-order valence-corrected chi connectivity index (χ4v) is 4.80. The number of aliphatic imine (C=N–C) groups is 1. The van der Waals surface area contributed by atoms with Crippen LogP contribution >= 0.6 is 0 Å². The number of nitrogens with one attached hydrogen (secondary N) is 2. The molecule has 3 rings (SSSR count). The number of morpholine rings is 1. The van der Waals surface area contributed by atoms with Gasteiger partial charge in [-0.25, -0.2) is 0 Å². The summed E-state index contributed by atoms with van der Waals surface area (Å²) in [6.45, 7) is 5.55. The molecule has 0 aromatic rings. The first-order valence-electron chi connectivity index (χ1n) is 10.2. The van der Waals surface area contributed by atoms with E-state index in [2.05, 4.69) is 20.5 Å². The Morgan fingerprint density at radius 1 is 1.12 bits per heavy atom. The Morgan fingerprint density at radius 3 is 2.52 bits per heavy atom. The molecular weight excluding hydrogens is 316 g/mol. The van der Waals surface area contributed by atoms with Crippen molar-refractivity contribution in [2.45, 2.75) is 63.0 Å². The predicted molar refractivity (Wildman–Crippen MR) is 101 cm³/mol. The molecule has 1 saturated heterocycles. The zero-order valence-corrected chi connectivity index (χ0v) is 15.8. The second kappa shape index (κ2) is 9.19. The molecule has 1 heterocycles. The minimum atomic E-state index is -0.149. The molecule has 25 heavy (non-hydrogen) atoms. The highest BCUT2D eigenvalue weighted by molar-refractivity contribution is 5.79. The van der Waals surface area contributed by atoms with Gasteiger partial charge in [-0.2, -0.15) is 0 Å². The lowest BCUT2D eigenvalue weighted by Crippen LogP contribution is -2.60. The van der Waals surface area contributed by atoms with Crippen molar-refractivity contribution >= 4 is 5.96 Å². The quantitative estimate of drug-likeness (QED) is 0.515. The van der Waals surface area contributed by atoms with Crippen molar-refractivity contribution < 1.29 is 9.84 Å². The molecule has 2 atom stereocenters. The van der Waals surface area contributed by atoms with Gasteiger partial charge in [-0.05, 0) is 25.7 Å². The first-order valence-corrected chi connectivity index (χ1v) is 10.2. The number of rotatable bonds is 5. The molecule has 3 aliphatic rings. The van der Waals surface area contributed by atoms with Crippen LogP contribution in [0.2, 0.25) is 0 Å². The zero-order chi connectivity index (χ0) is 17.5. The molecule has 144 valence electrons. The van der Waals surface area contributed by atoms with Gasteiger partial charge in [-0.15, -0.1) is 0 Å². The summed E-state index contributed by atoms with van der Waals surface area (Å²) < 4.78 is 5.57. The lowest BCUT2D eigenvalue weighted by Gasteiger charge is -2.48. The standard InChI is InChI=1S/C19H36N4O2/c1-20-18(21-14-16-6-5-7-17(16)24)22-15-19(8-3-2-4-9-19)23-10-12-25-13-11-23/h16-17,24H,2-15H2,1H3,(H2,20,21,22). The number of guanidine groups is 1. The summed E-state index contributed by atoms with van der Waals surface area (Å²) in [5.41, 5.74) is 0.243. The Balaban J connectivity index is 1.53. The van der Waals surface area contributed by atoms with Gasteiger partial charge in [-0.1, -0.05) is 25.7 Å². The van der Waals surface area contributed by atoms with Crippen LogP contribution in [0.4, 0.5) is 0 Å². The van der Waals surface area contributed by atoms with Crippen molar-refractivity contribution in [2.24, 2.45) is 10.9 Å². The molecular formula is C19H36N4O2. The first kappa shape index (κ1) is 18.9. The average Bonchev–Trinajstić information content (AvgIpc) is 3.08. The Hall–Kier alpha value is -0.850. The maximum absolute atomic E-state index is 10.0. The maximum atomic E-state index is 10.0. The monoisotopic (exact) mass is 352 g/mol. The van der Waals surface area contributed by atoms with Gasteiger partial charge in [0.1, 0.15) is 0 Å². The third kappa shape index (κ3) is 4.86. The summed E-state index contributed by atoms with van der Waals surface area (Å²) in [6.07, 6.45) is 9.57. The average molecular weight is 353 g/mol. The van der Waals surface area contributed by atoms with E-state index < -0.39 is 0 Å². The number of hydrogen-bond donors (Lipinski definition) is 3. The normalized spacial score (nSPS) is 31.0. The number of aliphatic hydroxyl groups is 1. The van der Waals surface area contributed by atoms with Gasteiger partial charge in [0.2, 0.25) is 0 Å². The van der Waals surface area contributed by atoms with E-state index in [0.717, 1.165) is 64.6 Å². The lowest BCUT2D eigenvalue weighted by atomic mass is 9.80. The van der Waals surface area contributed by atoms with Gasteiger partial charge >= 0.3 is 0 Å². The Labute approximate surface area is 152 Å². The van der Waals surface area contributed by atoms with Crippen molar-refractivity contribution in [2.75, 3.05) is 46.4 Å². The van der Waals surface area contributed by atoms with Gasteiger partial charge in [-0.3, -0.25) is 9.89 Å². The van der Waals surface area contributed by atoms with E-state index in [0.29, 0.717) is 5.92 Å². The smallest absolute Gasteiger partial charge is 0.191 e. The second-order valence-corrected chi connectivity index (χ2v) is 7.95. The molecule has 1 aliphatic heterocycles. The van der Waals surface area contributed by atoms with E-state index >= 15 is 0 Å². The van der Waals surface area contributed by atoms with Gasteiger partial charge < -0.3 is 20.5 Å². The summed E-state index contributed by atoms with van der Waals surface area (Å²) in [6, 6.07) is 0. The third-order valence-corrected chi connectivity index (χ3v) is 6.43. The van der Waals surface area contributed by atoms with Crippen molar-refractivity contribution in [1.29, 1.82) is 0 Å². The topological polar surface area (TPSA) is 69.1 Å². The minimum Gasteiger partial charge on any atom is -0.393 e. The van der Waals surface area contributed by atoms with Gasteiger partial charge in [0.25, 0.3) is 0 Å². The van der Waals surface area contributed by atoms with Crippen molar-refractivity contribution in [3.05, 3.63) is 0 Å². The largest absolute Gasteiger partial charge is 0.393 e. The molecule has 0 aromatic heterocycles. The Kier molecular flexibility index (Phi) is 6.96. The van der Waals surface area contributed by atoms with Crippen LogP contribution in [0.3, 0.4) is 0 Å². The number of nitrogens with zero attached hydrogens (tertiary/aromatic N) is 2. The van der Waals surface area contributed by atoms with Crippen molar-refractivity contribution in [1.82, 2.24) is 15.5 Å². The van der Waals surface area contributed by atoms with E-state index in [-0.39, 0.29) is 11.6 Å².